The molecule has 0 fully saturated rings. The van der Waals surface area contributed by atoms with Crippen LogP contribution in [0.3, 0.4) is 0 Å². The van der Waals surface area contributed by atoms with Crippen LogP contribution in [0.2, 0.25) is 0 Å². The minimum Gasteiger partial charge on any atom is -0.456 e. The molecule has 0 amide bonds. The highest BCUT2D eigenvalue weighted by Gasteiger charge is 2.04. The molecular weight excluding hydrogens is 272 g/mol. The van der Waals surface area contributed by atoms with Gasteiger partial charge in [0.25, 0.3) is 5.69 Å². The standard InChI is InChI=1S/C15H12N2O4/c18-15(21-11-13-5-1-2-9-16-13)8-7-12-4-3-6-14(10-12)17(19)20/h1-10H,11H2/b8-7+. The van der Waals surface area contributed by atoms with Crippen LogP contribution in [0.1, 0.15) is 11.3 Å². The van der Waals surface area contributed by atoms with E-state index >= 15 is 0 Å². The van der Waals surface area contributed by atoms with Gasteiger partial charge in [-0.25, -0.2) is 4.79 Å². The van der Waals surface area contributed by atoms with Crippen molar-refractivity contribution in [1.82, 2.24) is 4.98 Å². The van der Waals surface area contributed by atoms with Crippen LogP contribution in [-0.4, -0.2) is 15.9 Å². The van der Waals surface area contributed by atoms with E-state index in [1.54, 1.807) is 36.5 Å². The molecule has 0 radical (unpaired) electrons. The monoisotopic (exact) mass is 284 g/mol. The Hall–Kier alpha value is -3.02. The normalized spacial score (nSPS) is 10.5. The van der Waals surface area contributed by atoms with Crippen molar-refractivity contribution in [3.8, 4) is 0 Å². The number of non-ortho nitro benzene ring substituents is 1. The van der Waals surface area contributed by atoms with Gasteiger partial charge in [0.05, 0.1) is 10.6 Å². The number of nitro groups is 1. The van der Waals surface area contributed by atoms with Gasteiger partial charge in [0.2, 0.25) is 0 Å². The zero-order chi connectivity index (χ0) is 15.1. The highest BCUT2D eigenvalue weighted by atomic mass is 16.6. The van der Waals surface area contributed by atoms with E-state index in [0.717, 1.165) is 0 Å². The number of carbonyl (C=O) groups excluding carboxylic acids is 1. The minimum absolute atomic E-state index is 0.0287. The molecule has 0 atom stereocenters. The van der Waals surface area contributed by atoms with Crippen molar-refractivity contribution >= 4 is 17.7 Å². The lowest BCUT2D eigenvalue weighted by Gasteiger charge is -2.00. The number of hydrogen-bond donors (Lipinski definition) is 0. The molecule has 21 heavy (non-hydrogen) atoms. The smallest absolute Gasteiger partial charge is 0.331 e. The molecule has 0 N–H and O–H groups in total. The molecule has 0 aliphatic rings. The summed E-state index contributed by atoms with van der Waals surface area (Å²) in [5.41, 5.74) is 1.17. The Morgan fingerprint density at radius 1 is 1.29 bits per heavy atom. The van der Waals surface area contributed by atoms with Crippen LogP contribution in [0.5, 0.6) is 0 Å². The number of pyridine rings is 1. The van der Waals surface area contributed by atoms with Gasteiger partial charge in [-0.3, -0.25) is 15.1 Å². The van der Waals surface area contributed by atoms with Crippen molar-refractivity contribution in [2.45, 2.75) is 6.61 Å². The second-order valence-corrected chi connectivity index (χ2v) is 4.11. The summed E-state index contributed by atoms with van der Waals surface area (Å²) in [7, 11) is 0. The number of hydrogen-bond acceptors (Lipinski definition) is 5. The molecule has 0 unspecified atom stereocenters. The summed E-state index contributed by atoms with van der Waals surface area (Å²) in [6, 6.07) is 11.3. The summed E-state index contributed by atoms with van der Waals surface area (Å²) >= 11 is 0. The van der Waals surface area contributed by atoms with Crippen molar-refractivity contribution in [2.24, 2.45) is 0 Å². The quantitative estimate of drug-likeness (QED) is 0.365. The fraction of sp³-hybridized carbons (Fsp3) is 0.0667. The van der Waals surface area contributed by atoms with Crippen molar-refractivity contribution in [1.29, 1.82) is 0 Å². The number of esters is 1. The lowest BCUT2D eigenvalue weighted by atomic mass is 10.2. The number of nitro benzene ring substituents is 1. The summed E-state index contributed by atoms with van der Waals surface area (Å²) < 4.78 is 5.01. The molecule has 1 aromatic carbocycles. The van der Waals surface area contributed by atoms with Gasteiger partial charge in [0.1, 0.15) is 6.61 Å². The third-order valence-electron chi connectivity index (χ3n) is 2.58. The summed E-state index contributed by atoms with van der Waals surface area (Å²) in [6.45, 7) is 0.0823. The molecule has 0 aliphatic heterocycles. The van der Waals surface area contributed by atoms with Gasteiger partial charge in [0, 0.05) is 24.4 Å². The number of rotatable bonds is 5. The first kappa shape index (κ1) is 14.4. The SMILES string of the molecule is O=C(/C=C/c1cccc([N+](=O)[O-])c1)OCc1ccccn1. The third-order valence-corrected chi connectivity index (χ3v) is 2.58. The molecule has 0 saturated heterocycles. The summed E-state index contributed by atoms with van der Waals surface area (Å²) in [6.07, 6.45) is 4.30. The average molecular weight is 284 g/mol. The predicted molar refractivity (Wildman–Crippen MR) is 76.2 cm³/mol. The molecule has 106 valence electrons. The van der Waals surface area contributed by atoms with Crippen LogP contribution in [0.25, 0.3) is 6.08 Å². The van der Waals surface area contributed by atoms with Crippen LogP contribution in [0, 0.1) is 10.1 Å². The molecule has 2 aromatic rings. The molecule has 2 rings (SSSR count). The molecule has 0 aliphatic carbocycles. The number of ether oxygens (including phenoxy) is 1. The molecule has 0 saturated carbocycles. The van der Waals surface area contributed by atoms with E-state index in [2.05, 4.69) is 4.98 Å². The largest absolute Gasteiger partial charge is 0.456 e. The Morgan fingerprint density at radius 2 is 2.14 bits per heavy atom. The molecular formula is C15H12N2O4. The van der Waals surface area contributed by atoms with E-state index < -0.39 is 10.9 Å². The van der Waals surface area contributed by atoms with E-state index in [9.17, 15) is 14.9 Å². The van der Waals surface area contributed by atoms with E-state index in [1.165, 1.54) is 24.3 Å². The number of benzene rings is 1. The summed E-state index contributed by atoms with van der Waals surface area (Å²) in [4.78, 5) is 25.7. The van der Waals surface area contributed by atoms with Crippen LogP contribution < -0.4 is 0 Å². The maximum Gasteiger partial charge on any atom is 0.331 e. The molecule has 6 heteroatoms. The fourth-order valence-electron chi connectivity index (χ4n) is 1.58. The van der Waals surface area contributed by atoms with Gasteiger partial charge in [-0.05, 0) is 23.8 Å². The minimum atomic E-state index is -0.535. The molecule has 1 aromatic heterocycles. The molecule has 6 nitrogen and oxygen atoms in total. The Bertz CT molecular complexity index is 668. The summed E-state index contributed by atoms with van der Waals surface area (Å²) in [5, 5.41) is 10.6. The second kappa shape index (κ2) is 6.95. The van der Waals surface area contributed by atoms with Crippen molar-refractivity contribution in [2.75, 3.05) is 0 Å². The predicted octanol–water partition coefficient (Wildman–Crippen LogP) is 2.75. The van der Waals surface area contributed by atoms with E-state index in [4.69, 9.17) is 4.74 Å². The van der Waals surface area contributed by atoms with Crippen molar-refractivity contribution < 1.29 is 14.5 Å². The molecule has 0 spiro atoms. The van der Waals surface area contributed by atoms with Gasteiger partial charge in [0.15, 0.2) is 0 Å². The van der Waals surface area contributed by atoms with E-state index in [0.29, 0.717) is 11.3 Å². The zero-order valence-electron chi connectivity index (χ0n) is 11.0. The lowest BCUT2D eigenvalue weighted by molar-refractivity contribution is -0.384. The highest BCUT2D eigenvalue weighted by molar-refractivity contribution is 5.87. The van der Waals surface area contributed by atoms with Crippen LogP contribution in [-0.2, 0) is 16.1 Å². The van der Waals surface area contributed by atoms with Gasteiger partial charge in [-0.15, -0.1) is 0 Å². The van der Waals surface area contributed by atoms with Crippen LogP contribution in [0.4, 0.5) is 5.69 Å². The fourth-order valence-corrected chi connectivity index (χ4v) is 1.58. The van der Waals surface area contributed by atoms with Crippen LogP contribution in [0.15, 0.2) is 54.7 Å². The average Bonchev–Trinajstić information content (AvgIpc) is 2.52. The zero-order valence-corrected chi connectivity index (χ0v) is 11.0. The Morgan fingerprint density at radius 3 is 2.86 bits per heavy atom. The Labute approximate surface area is 120 Å². The second-order valence-electron chi connectivity index (χ2n) is 4.11. The highest BCUT2D eigenvalue weighted by Crippen LogP contribution is 2.14. The van der Waals surface area contributed by atoms with Gasteiger partial charge < -0.3 is 4.74 Å². The van der Waals surface area contributed by atoms with Gasteiger partial charge in [-0.1, -0.05) is 18.2 Å². The van der Waals surface area contributed by atoms with Crippen molar-refractivity contribution in [3.63, 3.8) is 0 Å². The first-order valence-electron chi connectivity index (χ1n) is 6.14. The van der Waals surface area contributed by atoms with Gasteiger partial charge >= 0.3 is 5.97 Å². The molecule has 1 heterocycles. The maximum absolute atomic E-state index is 11.5. The molecule has 0 bridgehead atoms. The first-order valence-corrected chi connectivity index (χ1v) is 6.14. The maximum atomic E-state index is 11.5. The summed E-state index contributed by atoms with van der Waals surface area (Å²) in [5.74, 6) is -0.535. The number of nitrogens with zero attached hydrogens (tertiary/aromatic N) is 2. The van der Waals surface area contributed by atoms with E-state index in [1.807, 2.05) is 0 Å². The van der Waals surface area contributed by atoms with Crippen molar-refractivity contribution in [3.05, 3.63) is 76.1 Å². The lowest BCUT2D eigenvalue weighted by Crippen LogP contribution is -2.01. The Balaban J connectivity index is 1.93. The van der Waals surface area contributed by atoms with Crippen LogP contribution >= 0.6 is 0 Å². The third kappa shape index (κ3) is 4.54. The number of carbonyl (C=O) groups is 1. The topological polar surface area (TPSA) is 82.3 Å². The van der Waals surface area contributed by atoms with Gasteiger partial charge in [-0.2, -0.15) is 0 Å². The first-order chi connectivity index (χ1) is 10.1. The Kier molecular flexibility index (Phi) is 4.76. The van der Waals surface area contributed by atoms with E-state index in [-0.39, 0.29) is 12.3 Å². The number of aromatic nitrogens is 1.